The molecule has 34 heavy (non-hydrogen) atoms. The average molecular weight is 464 g/mol. The number of alkyl carbamates (subject to hydrolysis) is 1. The van der Waals surface area contributed by atoms with Crippen molar-refractivity contribution in [2.24, 2.45) is 5.92 Å². The van der Waals surface area contributed by atoms with E-state index in [0.29, 0.717) is 27.7 Å². The third-order valence-corrected chi connectivity index (χ3v) is 6.64. The van der Waals surface area contributed by atoms with Crippen molar-refractivity contribution in [3.05, 3.63) is 64.0 Å². The summed E-state index contributed by atoms with van der Waals surface area (Å²) < 4.78 is 21.7. The minimum atomic E-state index is -0.836. The minimum Gasteiger partial charge on any atom is -0.404 e. The summed E-state index contributed by atoms with van der Waals surface area (Å²) in [5.74, 6) is -1.67. The van der Waals surface area contributed by atoms with Crippen LogP contribution in [0.3, 0.4) is 0 Å². The molecule has 1 aliphatic carbocycles. The predicted octanol–water partition coefficient (Wildman–Crippen LogP) is 4.54. The van der Waals surface area contributed by atoms with Gasteiger partial charge in [-0.1, -0.05) is 32.8 Å². The number of hydrogen-bond acceptors (Lipinski definition) is 5. The fourth-order valence-electron chi connectivity index (χ4n) is 4.85. The topological polar surface area (TPSA) is 106 Å². The summed E-state index contributed by atoms with van der Waals surface area (Å²) in [6.45, 7) is 3.80. The molecule has 1 saturated carbocycles. The fourth-order valence-corrected chi connectivity index (χ4v) is 4.85. The van der Waals surface area contributed by atoms with Gasteiger partial charge in [-0.15, -0.1) is 0 Å². The molecule has 2 amide bonds. The Labute approximate surface area is 194 Å². The van der Waals surface area contributed by atoms with Gasteiger partial charge in [0.2, 0.25) is 0 Å². The van der Waals surface area contributed by atoms with Gasteiger partial charge in [-0.2, -0.15) is 5.10 Å². The number of allylic oxidation sites excluding steroid dienone is 1. The number of ether oxygens (including phenoxy) is 1. The number of imide groups is 1. The van der Waals surface area contributed by atoms with E-state index in [0.717, 1.165) is 25.7 Å². The van der Waals surface area contributed by atoms with Crippen molar-refractivity contribution in [1.29, 1.82) is 0 Å². The Morgan fingerprint density at radius 3 is 2.59 bits per heavy atom. The molecular formula is C25H25FN4O4. The highest BCUT2D eigenvalue weighted by Gasteiger charge is 2.29. The van der Waals surface area contributed by atoms with Gasteiger partial charge in [0.25, 0.3) is 11.5 Å². The molecule has 3 heterocycles. The van der Waals surface area contributed by atoms with Crippen molar-refractivity contribution in [1.82, 2.24) is 20.1 Å². The van der Waals surface area contributed by atoms with Crippen molar-refractivity contribution < 1.29 is 18.7 Å². The van der Waals surface area contributed by atoms with Crippen LogP contribution in [-0.4, -0.2) is 26.8 Å². The molecule has 5 rings (SSSR count). The first-order valence-corrected chi connectivity index (χ1v) is 11.5. The van der Waals surface area contributed by atoms with Crippen molar-refractivity contribution in [2.75, 3.05) is 0 Å². The van der Waals surface area contributed by atoms with Crippen LogP contribution in [0.4, 0.5) is 9.18 Å². The van der Waals surface area contributed by atoms with E-state index in [2.05, 4.69) is 15.4 Å². The van der Waals surface area contributed by atoms with Crippen LogP contribution >= 0.6 is 0 Å². The van der Waals surface area contributed by atoms with E-state index >= 15 is 0 Å². The second-order valence-corrected chi connectivity index (χ2v) is 9.22. The van der Waals surface area contributed by atoms with E-state index in [1.807, 2.05) is 24.6 Å². The number of pyridine rings is 1. The Balaban J connectivity index is 1.52. The predicted molar refractivity (Wildman–Crippen MR) is 124 cm³/mol. The van der Waals surface area contributed by atoms with Gasteiger partial charge < -0.3 is 9.72 Å². The monoisotopic (exact) mass is 464 g/mol. The first-order chi connectivity index (χ1) is 16.3. The molecule has 8 nitrogen and oxygen atoms in total. The number of aromatic amines is 1. The van der Waals surface area contributed by atoms with E-state index in [1.165, 1.54) is 12.1 Å². The Morgan fingerprint density at radius 1 is 1.18 bits per heavy atom. The lowest BCUT2D eigenvalue weighted by Crippen LogP contribution is -2.21. The third kappa shape index (κ3) is 3.91. The molecular weight excluding hydrogens is 439 g/mol. The van der Waals surface area contributed by atoms with Crippen LogP contribution < -0.4 is 10.9 Å². The van der Waals surface area contributed by atoms with Crippen molar-refractivity contribution >= 4 is 22.9 Å². The van der Waals surface area contributed by atoms with E-state index in [1.54, 1.807) is 18.3 Å². The molecule has 1 saturated heterocycles. The number of cyclic esters (lactones) is 1. The van der Waals surface area contributed by atoms with Crippen LogP contribution in [0.2, 0.25) is 0 Å². The van der Waals surface area contributed by atoms with Gasteiger partial charge in [0.15, 0.2) is 5.76 Å². The minimum absolute atomic E-state index is 0.0545. The molecule has 3 aromatic rings. The Bertz CT molecular complexity index is 1380. The summed E-state index contributed by atoms with van der Waals surface area (Å²) in [4.78, 5) is 39.1. The number of hydrogen-bond donors (Lipinski definition) is 2. The summed E-state index contributed by atoms with van der Waals surface area (Å²) in [6, 6.07) is 6.91. The van der Waals surface area contributed by atoms with Crippen LogP contribution in [0.25, 0.3) is 22.2 Å². The van der Waals surface area contributed by atoms with E-state index in [9.17, 15) is 18.8 Å². The first-order valence-electron chi connectivity index (χ1n) is 11.5. The maximum Gasteiger partial charge on any atom is 0.419 e. The Morgan fingerprint density at radius 2 is 1.94 bits per heavy atom. The summed E-state index contributed by atoms with van der Waals surface area (Å²) in [6.07, 6.45) is 6.53. The molecule has 1 atom stereocenters. The van der Waals surface area contributed by atoms with Gasteiger partial charge in [0.1, 0.15) is 5.82 Å². The highest BCUT2D eigenvalue weighted by Crippen LogP contribution is 2.34. The lowest BCUT2D eigenvalue weighted by Gasteiger charge is -2.17. The molecule has 1 aliphatic heterocycles. The number of carbonyl (C=O) groups is 2. The molecule has 1 aromatic carbocycles. The van der Waals surface area contributed by atoms with Gasteiger partial charge in [0, 0.05) is 22.7 Å². The quantitative estimate of drug-likeness (QED) is 0.540. The van der Waals surface area contributed by atoms with E-state index in [4.69, 9.17) is 4.74 Å². The molecule has 2 fully saturated rings. The molecule has 9 heteroatoms. The number of amides is 2. The Hall–Kier alpha value is -3.75. The van der Waals surface area contributed by atoms with Crippen molar-refractivity contribution in [2.45, 2.75) is 51.5 Å². The molecule has 2 aliphatic rings. The summed E-state index contributed by atoms with van der Waals surface area (Å²) in [5.41, 5.74) is 1.80. The van der Waals surface area contributed by atoms with Gasteiger partial charge >= 0.3 is 6.09 Å². The fraction of sp³-hybridized carbons (Fsp3) is 0.360. The average Bonchev–Trinajstić information content (AvgIpc) is 3.52. The van der Waals surface area contributed by atoms with Gasteiger partial charge in [0.05, 0.1) is 23.1 Å². The van der Waals surface area contributed by atoms with Gasteiger partial charge in [-0.3, -0.25) is 19.6 Å². The number of carbonyl (C=O) groups excluding carboxylic acids is 2. The van der Waals surface area contributed by atoms with Crippen LogP contribution in [0.15, 0.2) is 47.1 Å². The molecule has 1 unspecified atom stereocenters. The molecule has 0 radical (unpaired) electrons. The maximum absolute atomic E-state index is 14.9. The van der Waals surface area contributed by atoms with Crippen LogP contribution in [0.1, 0.15) is 57.1 Å². The van der Waals surface area contributed by atoms with Gasteiger partial charge in [-0.25, -0.2) is 9.18 Å². The SMILES string of the molecule is CC(C)C(C=C1OC(=O)NC1=O)c1ccc(-c2cc(F)c3cnn(C4CCCC4)c3c2)[nH]c1=O. The Kier molecular flexibility index (Phi) is 5.55. The number of rotatable bonds is 5. The largest absolute Gasteiger partial charge is 0.419 e. The first kappa shape index (κ1) is 22.1. The zero-order valence-corrected chi connectivity index (χ0v) is 18.9. The van der Waals surface area contributed by atoms with Crippen molar-refractivity contribution in [3.63, 3.8) is 0 Å². The summed E-state index contributed by atoms with van der Waals surface area (Å²) in [5, 5.41) is 6.95. The standard InChI is InChI=1S/C25H25FN4O4/c1-13(2)17(11-22-24(32)29-25(33)34-22)16-7-8-20(28-23(16)31)14-9-19(26)18-12-27-30(21(18)10-14)15-5-3-4-6-15/h7-13,15,17H,3-6H2,1-2H3,(H,28,31)(H,29,32,33). The summed E-state index contributed by atoms with van der Waals surface area (Å²) >= 11 is 0. The van der Waals surface area contributed by atoms with Crippen LogP contribution in [0.5, 0.6) is 0 Å². The zero-order chi connectivity index (χ0) is 24.0. The number of aromatic nitrogens is 3. The number of benzene rings is 1. The van der Waals surface area contributed by atoms with Gasteiger partial charge in [-0.05, 0) is 43.0 Å². The second-order valence-electron chi connectivity index (χ2n) is 9.22. The lowest BCUT2D eigenvalue weighted by atomic mass is 9.88. The van der Waals surface area contributed by atoms with E-state index in [-0.39, 0.29) is 29.1 Å². The number of fused-ring (bicyclic) bond motifs is 1. The second kappa shape index (κ2) is 8.55. The van der Waals surface area contributed by atoms with Crippen molar-refractivity contribution in [3.8, 4) is 11.3 Å². The van der Waals surface area contributed by atoms with Crippen LogP contribution in [0, 0.1) is 11.7 Å². The number of halogens is 1. The number of nitrogens with one attached hydrogen (secondary N) is 2. The molecule has 0 spiro atoms. The molecule has 2 N–H and O–H groups in total. The highest BCUT2D eigenvalue weighted by molar-refractivity contribution is 6.07. The van der Waals surface area contributed by atoms with Crippen LogP contribution in [-0.2, 0) is 9.53 Å². The number of nitrogens with zero attached hydrogens (tertiary/aromatic N) is 2. The van der Waals surface area contributed by atoms with E-state index < -0.39 is 17.9 Å². The maximum atomic E-state index is 14.9. The zero-order valence-electron chi connectivity index (χ0n) is 18.9. The number of H-pyrrole nitrogens is 1. The molecule has 0 bridgehead atoms. The normalized spacial score (nSPS) is 18.8. The molecule has 2 aromatic heterocycles. The summed E-state index contributed by atoms with van der Waals surface area (Å²) in [7, 11) is 0. The highest BCUT2D eigenvalue weighted by atomic mass is 19.1. The smallest absolute Gasteiger partial charge is 0.404 e. The lowest BCUT2D eigenvalue weighted by molar-refractivity contribution is -0.116. The molecule has 176 valence electrons. The third-order valence-electron chi connectivity index (χ3n) is 6.64.